The van der Waals surface area contributed by atoms with Gasteiger partial charge in [-0.25, -0.2) is 0 Å². The average Bonchev–Trinajstić information content (AvgIpc) is 2.17. The first-order valence-electron chi connectivity index (χ1n) is 4.87. The van der Waals surface area contributed by atoms with Crippen LogP contribution in [0, 0.1) is 5.41 Å². The average molecular weight is 189 g/mol. The van der Waals surface area contributed by atoms with E-state index < -0.39 is 17.4 Å². The summed E-state index contributed by atoms with van der Waals surface area (Å²) >= 11 is 0. The summed E-state index contributed by atoms with van der Waals surface area (Å²) in [4.78, 5) is 22.7. The molecule has 0 atom stereocenters. The lowest BCUT2D eigenvalue weighted by atomic mass is 9.94. The lowest BCUT2D eigenvalue weighted by Gasteiger charge is -2.19. The molecule has 0 aliphatic heterocycles. The molecule has 0 aliphatic rings. The second kappa shape index (κ2) is 4.84. The van der Waals surface area contributed by atoms with Gasteiger partial charge in [-0.05, 0) is 27.7 Å². The molecule has 0 unspecified atom stereocenters. The lowest BCUT2D eigenvalue weighted by molar-refractivity contribution is -0.169. The number of carbonyl (C=O) groups excluding carboxylic acids is 2. The summed E-state index contributed by atoms with van der Waals surface area (Å²) < 4.78 is 16.6. The minimum atomic E-state index is -1.49. The van der Waals surface area contributed by atoms with Gasteiger partial charge in [0.15, 0.2) is 5.41 Å². The summed E-state index contributed by atoms with van der Waals surface area (Å²) in [5, 5.41) is 0. The van der Waals surface area contributed by atoms with Crippen LogP contribution in [0.3, 0.4) is 0 Å². The smallest absolute Gasteiger partial charge is 0.322 e. The molecule has 0 radical (unpaired) electrons. The molecule has 13 heavy (non-hydrogen) atoms. The molecule has 0 aromatic rings. The second-order valence-corrected chi connectivity index (χ2v) is 2.77. The third-order valence-electron chi connectivity index (χ3n) is 1.45. The van der Waals surface area contributed by atoms with Crippen molar-refractivity contribution >= 4 is 11.9 Å². The van der Waals surface area contributed by atoms with Gasteiger partial charge in [0.2, 0.25) is 0 Å². The first-order chi connectivity index (χ1) is 6.52. The molecule has 4 nitrogen and oxygen atoms in total. The zero-order chi connectivity index (χ0) is 11.2. The van der Waals surface area contributed by atoms with E-state index in [0.717, 1.165) is 0 Å². The fraction of sp³-hybridized carbons (Fsp3) is 0.778. The number of carbonyl (C=O) groups is 2. The fourth-order valence-corrected chi connectivity index (χ4v) is 0.664. The Hall–Kier alpha value is -1.06. The van der Waals surface area contributed by atoms with Crippen LogP contribution in [0.15, 0.2) is 0 Å². The highest BCUT2D eigenvalue weighted by atomic mass is 16.6. The Bertz CT molecular complexity index is 197. The Kier molecular flexibility index (Phi) is 3.73. The maximum Gasteiger partial charge on any atom is 0.322 e. The molecule has 0 aromatic carbocycles. The van der Waals surface area contributed by atoms with Crippen molar-refractivity contribution in [2.24, 2.45) is 5.41 Å². The number of esters is 2. The summed E-state index contributed by atoms with van der Waals surface area (Å²) in [7, 11) is 0. The zero-order valence-electron chi connectivity index (χ0n) is 9.25. The van der Waals surface area contributed by atoms with E-state index in [2.05, 4.69) is 0 Å². The largest absolute Gasteiger partial charge is 0.465 e. The maximum atomic E-state index is 11.4. The van der Waals surface area contributed by atoms with Crippen LogP contribution in [0.1, 0.15) is 29.0 Å². The SMILES string of the molecule is [2H]CC(C)(C(=O)OCC)C(=O)OCC. The fourth-order valence-electron chi connectivity index (χ4n) is 0.664. The quantitative estimate of drug-likeness (QED) is 0.491. The Morgan fingerprint density at radius 2 is 1.62 bits per heavy atom. The Balaban J connectivity index is 4.60. The first kappa shape index (κ1) is 10.0. The van der Waals surface area contributed by atoms with E-state index in [1.54, 1.807) is 13.8 Å². The van der Waals surface area contributed by atoms with Gasteiger partial charge in [-0.1, -0.05) is 0 Å². The van der Waals surface area contributed by atoms with Gasteiger partial charge in [-0.15, -0.1) is 0 Å². The van der Waals surface area contributed by atoms with Crippen LogP contribution in [0.5, 0.6) is 0 Å². The highest BCUT2D eigenvalue weighted by Crippen LogP contribution is 2.19. The first-order valence-corrected chi connectivity index (χ1v) is 4.16. The molecule has 0 rings (SSSR count). The molecule has 0 bridgehead atoms. The van der Waals surface area contributed by atoms with Crippen molar-refractivity contribution in [1.29, 1.82) is 0 Å². The van der Waals surface area contributed by atoms with Gasteiger partial charge in [0.05, 0.1) is 13.2 Å². The summed E-state index contributed by atoms with van der Waals surface area (Å²) in [6.45, 7) is 4.66. The van der Waals surface area contributed by atoms with Gasteiger partial charge in [0.1, 0.15) is 0 Å². The third-order valence-corrected chi connectivity index (χ3v) is 1.45. The van der Waals surface area contributed by atoms with E-state index in [0.29, 0.717) is 0 Å². The van der Waals surface area contributed by atoms with E-state index in [1.165, 1.54) is 6.92 Å². The van der Waals surface area contributed by atoms with Gasteiger partial charge >= 0.3 is 11.9 Å². The molecular formula is C9H16O4. The van der Waals surface area contributed by atoms with E-state index in [1.807, 2.05) is 0 Å². The molecule has 0 heterocycles. The molecule has 0 aliphatic carbocycles. The minimum absolute atomic E-state index is 0.188. The molecule has 0 spiro atoms. The van der Waals surface area contributed by atoms with Crippen molar-refractivity contribution < 1.29 is 20.4 Å². The van der Waals surface area contributed by atoms with Gasteiger partial charge < -0.3 is 9.47 Å². The predicted molar refractivity (Wildman–Crippen MR) is 47.0 cm³/mol. The highest BCUT2D eigenvalue weighted by Gasteiger charge is 2.38. The van der Waals surface area contributed by atoms with E-state index in [-0.39, 0.29) is 20.1 Å². The van der Waals surface area contributed by atoms with Crippen LogP contribution < -0.4 is 0 Å². The van der Waals surface area contributed by atoms with Crippen LogP contribution in [0.2, 0.25) is 0 Å². The summed E-state index contributed by atoms with van der Waals surface area (Å²) in [5.74, 6) is -1.40. The Morgan fingerprint density at radius 1 is 1.23 bits per heavy atom. The summed E-state index contributed by atoms with van der Waals surface area (Å²) in [6.07, 6.45) is 0. The van der Waals surface area contributed by atoms with Crippen molar-refractivity contribution in [3.05, 3.63) is 0 Å². The van der Waals surface area contributed by atoms with Crippen LogP contribution in [0.25, 0.3) is 0 Å². The number of ether oxygens (including phenoxy) is 2. The maximum absolute atomic E-state index is 11.4. The van der Waals surface area contributed by atoms with Crippen molar-refractivity contribution in [3.8, 4) is 0 Å². The number of hydrogen-bond acceptors (Lipinski definition) is 4. The van der Waals surface area contributed by atoms with Gasteiger partial charge in [-0.3, -0.25) is 9.59 Å². The molecule has 0 saturated carbocycles. The van der Waals surface area contributed by atoms with Crippen LogP contribution in [-0.4, -0.2) is 25.2 Å². The van der Waals surface area contributed by atoms with Crippen molar-refractivity contribution in [2.45, 2.75) is 27.7 Å². The zero-order valence-corrected chi connectivity index (χ0v) is 8.25. The summed E-state index contributed by atoms with van der Waals surface area (Å²) in [6, 6.07) is 0. The van der Waals surface area contributed by atoms with Crippen molar-refractivity contribution in [1.82, 2.24) is 0 Å². The van der Waals surface area contributed by atoms with Crippen LogP contribution in [-0.2, 0) is 19.1 Å². The van der Waals surface area contributed by atoms with Crippen LogP contribution in [0.4, 0.5) is 0 Å². The van der Waals surface area contributed by atoms with Crippen LogP contribution >= 0.6 is 0 Å². The highest BCUT2D eigenvalue weighted by molar-refractivity contribution is 5.99. The molecular weight excluding hydrogens is 172 g/mol. The minimum Gasteiger partial charge on any atom is -0.465 e. The Labute approximate surface area is 79.6 Å². The topological polar surface area (TPSA) is 52.6 Å². The van der Waals surface area contributed by atoms with E-state index >= 15 is 0 Å². The molecule has 4 heteroatoms. The molecule has 0 N–H and O–H groups in total. The van der Waals surface area contributed by atoms with Crippen molar-refractivity contribution in [2.75, 3.05) is 13.2 Å². The third kappa shape index (κ3) is 3.05. The second-order valence-electron chi connectivity index (χ2n) is 2.77. The molecule has 0 aromatic heterocycles. The number of hydrogen-bond donors (Lipinski definition) is 0. The number of rotatable bonds is 4. The van der Waals surface area contributed by atoms with Gasteiger partial charge in [0.25, 0.3) is 0 Å². The van der Waals surface area contributed by atoms with Gasteiger partial charge in [-0.2, -0.15) is 0 Å². The summed E-state index contributed by atoms with van der Waals surface area (Å²) in [5.41, 5.74) is -1.49. The molecule has 76 valence electrons. The molecule has 0 fully saturated rings. The Morgan fingerprint density at radius 3 is 1.85 bits per heavy atom. The van der Waals surface area contributed by atoms with Gasteiger partial charge in [0, 0.05) is 1.37 Å². The van der Waals surface area contributed by atoms with Crippen molar-refractivity contribution in [3.63, 3.8) is 0 Å². The normalized spacial score (nSPS) is 11.8. The standard InChI is InChI=1S/C9H16O4/c1-5-12-7(10)9(3,4)8(11)13-6-2/h5-6H2,1-4H3/i3D. The molecule has 0 saturated heterocycles. The van der Waals surface area contributed by atoms with E-state index in [4.69, 9.17) is 10.8 Å². The molecule has 0 amide bonds. The monoisotopic (exact) mass is 189 g/mol. The predicted octanol–water partition coefficient (Wildman–Crippen LogP) is 1.14. The lowest BCUT2D eigenvalue weighted by Crippen LogP contribution is -2.36. The van der Waals surface area contributed by atoms with E-state index in [9.17, 15) is 9.59 Å².